The number of carboxylic acid groups (broad SMARTS) is 1. The van der Waals surface area contributed by atoms with Crippen LogP contribution in [0.25, 0.3) is 0 Å². The maximum absolute atomic E-state index is 13.0. The predicted molar refractivity (Wildman–Crippen MR) is 72.7 cm³/mol. The fraction of sp³-hybridized carbons (Fsp3) is 0.417. The first-order valence-corrected chi connectivity index (χ1v) is 7.77. The minimum atomic E-state index is -3.80. The molecule has 8 heteroatoms. The first-order chi connectivity index (χ1) is 9.22. The van der Waals surface area contributed by atoms with Crippen LogP contribution in [0.4, 0.5) is 4.39 Å². The van der Waals surface area contributed by atoms with E-state index < -0.39 is 27.9 Å². The Morgan fingerprint density at radius 1 is 1.50 bits per heavy atom. The highest BCUT2D eigenvalue weighted by atomic mass is 35.5. The molecular weight excluding hydrogens is 309 g/mol. The number of nitrogens with one attached hydrogen (secondary N) is 1. The summed E-state index contributed by atoms with van der Waals surface area (Å²) < 4.78 is 39.4. The van der Waals surface area contributed by atoms with Gasteiger partial charge in [-0.2, -0.15) is 0 Å². The summed E-state index contributed by atoms with van der Waals surface area (Å²) in [6.45, 7) is 1.63. The summed E-state index contributed by atoms with van der Waals surface area (Å²) in [5.41, 5.74) is 0. The number of carbonyl (C=O) groups is 1. The van der Waals surface area contributed by atoms with Gasteiger partial charge in [0.15, 0.2) is 0 Å². The van der Waals surface area contributed by atoms with E-state index >= 15 is 0 Å². The van der Waals surface area contributed by atoms with Crippen molar-refractivity contribution in [2.24, 2.45) is 0 Å². The van der Waals surface area contributed by atoms with Crippen LogP contribution in [0.2, 0.25) is 5.02 Å². The Hall–Kier alpha value is -1.18. The topological polar surface area (TPSA) is 83.5 Å². The lowest BCUT2D eigenvalue weighted by Gasteiger charge is -2.14. The van der Waals surface area contributed by atoms with E-state index in [9.17, 15) is 17.6 Å². The molecule has 0 bridgehead atoms. The number of rotatable bonds is 7. The van der Waals surface area contributed by atoms with Crippen LogP contribution in [0, 0.1) is 5.82 Å². The molecule has 5 nitrogen and oxygen atoms in total. The molecular formula is C12H15ClFNO4S. The van der Waals surface area contributed by atoms with Crippen LogP contribution in [-0.4, -0.2) is 25.5 Å². The lowest BCUT2D eigenvalue weighted by Crippen LogP contribution is -2.32. The van der Waals surface area contributed by atoms with Crippen molar-refractivity contribution in [3.05, 3.63) is 29.0 Å². The van der Waals surface area contributed by atoms with Crippen LogP contribution in [0.5, 0.6) is 0 Å². The fourth-order valence-corrected chi connectivity index (χ4v) is 3.14. The van der Waals surface area contributed by atoms with Gasteiger partial charge in [-0.1, -0.05) is 11.6 Å². The van der Waals surface area contributed by atoms with Crippen molar-refractivity contribution in [1.29, 1.82) is 0 Å². The van der Waals surface area contributed by atoms with Gasteiger partial charge in [0, 0.05) is 12.5 Å². The summed E-state index contributed by atoms with van der Waals surface area (Å²) in [5.74, 6) is -1.62. The van der Waals surface area contributed by atoms with Crippen molar-refractivity contribution in [3.8, 4) is 0 Å². The molecule has 1 rings (SSSR count). The summed E-state index contributed by atoms with van der Waals surface area (Å²) in [5, 5.41) is 8.23. The molecule has 0 heterocycles. The minimum absolute atomic E-state index is 0.0194. The number of benzene rings is 1. The molecule has 20 heavy (non-hydrogen) atoms. The van der Waals surface area contributed by atoms with Gasteiger partial charge in [-0.25, -0.2) is 17.5 Å². The molecule has 0 aliphatic rings. The largest absolute Gasteiger partial charge is 0.481 e. The maximum Gasteiger partial charge on any atom is 0.303 e. The maximum atomic E-state index is 13.0. The molecule has 0 saturated heterocycles. The highest BCUT2D eigenvalue weighted by Crippen LogP contribution is 2.19. The second-order valence-corrected chi connectivity index (χ2v) is 6.51. The fourth-order valence-electron chi connectivity index (χ4n) is 1.60. The molecule has 1 atom stereocenters. The van der Waals surface area contributed by atoms with Crippen LogP contribution in [0.1, 0.15) is 26.2 Å². The van der Waals surface area contributed by atoms with Gasteiger partial charge >= 0.3 is 5.97 Å². The van der Waals surface area contributed by atoms with Gasteiger partial charge in [0.2, 0.25) is 10.0 Å². The van der Waals surface area contributed by atoms with E-state index in [0.717, 1.165) is 18.2 Å². The van der Waals surface area contributed by atoms with Gasteiger partial charge in [-0.3, -0.25) is 4.79 Å². The van der Waals surface area contributed by atoms with Crippen LogP contribution in [-0.2, 0) is 14.8 Å². The normalized spacial score (nSPS) is 13.2. The Kier molecular flexibility index (Phi) is 5.91. The summed E-state index contributed by atoms with van der Waals surface area (Å²) in [4.78, 5) is 10.2. The molecule has 0 saturated carbocycles. The lowest BCUT2D eigenvalue weighted by molar-refractivity contribution is -0.137. The quantitative estimate of drug-likeness (QED) is 0.807. The van der Waals surface area contributed by atoms with E-state index in [0.29, 0.717) is 12.8 Å². The minimum Gasteiger partial charge on any atom is -0.481 e. The third kappa shape index (κ3) is 5.07. The van der Waals surface area contributed by atoms with Crippen LogP contribution in [0.3, 0.4) is 0 Å². The van der Waals surface area contributed by atoms with E-state index in [4.69, 9.17) is 16.7 Å². The number of hydrogen-bond donors (Lipinski definition) is 2. The van der Waals surface area contributed by atoms with Crippen molar-refractivity contribution in [3.63, 3.8) is 0 Å². The highest BCUT2D eigenvalue weighted by molar-refractivity contribution is 7.89. The second kappa shape index (κ2) is 7.01. The SMILES string of the molecule is CC(CCCC(=O)O)NS(=O)(=O)c1ccc(F)c(Cl)c1. The zero-order valence-electron chi connectivity index (χ0n) is 10.8. The molecule has 2 N–H and O–H groups in total. The Morgan fingerprint density at radius 3 is 2.70 bits per heavy atom. The first kappa shape index (κ1) is 16.9. The summed E-state index contributed by atoms with van der Waals surface area (Å²) in [6, 6.07) is 2.70. The van der Waals surface area contributed by atoms with E-state index in [-0.39, 0.29) is 16.3 Å². The van der Waals surface area contributed by atoms with Gasteiger partial charge < -0.3 is 5.11 Å². The van der Waals surface area contributed by atoms with Crippen molar-refractivity contribution < 1.29 is 22.7 Å². The number of halogens is 2. The molecule has 0 aromatic heterocycles. The molecule has 0 amide bonds. The van der Waals surface area contributed by atoms with E-state index in [1.54, 1.807) is 6.92 Å². The third-order valence-electron chi connectivity index (χ3n) is 2.59. The van der Waals surface area contributed by atoms with Gasteiger partial charge in [0.1, 0.15) is 5.82 Å². The van der Waals surface area contributed by atoms with Crippen molar-refractivity contribution in [2.45, 2.75) is 37.1 Å². The van der Waals surface area contributed by atoms with Gasteiger partial charge in [-0.05, 0) is 38.0 Å². The average molecular weight is 324 g/mol. The van der Waals surface area contributed by atoms with Gasteiger partial charge in [0.25, 0.3) is 0 Å². The van der Waals surface area contributed by atoms with E-state index in [1.807, 2.05) is 0 Å². The molecule has 112 valence electrons. The molecule has 0 radical (unpaired) electrons. The Bertz CT molecular complexity index is 591. The monoisotopic (exact) mass is 323 g/mol. The summed E-state index contributed by atoms with van der Waals surface area (Å²) in [6.07, 6.45) is 0.734. The number of hydrogen-bond acceptors (Lipinski definition) is 3. The van der Waals surface area contributed by atoms with Gasteiger partial charge in [-0.15, -0.1) is 0 Å². The Labute approximate surface area is 121 Å². The van der Waals surface area contributed by atoms with Gasteiger partial charge in [0.05, 0.1) is 9.92 Å². The zero-order valence-corrected chi connectivity index (χ0v) is 12.3. The smallest absolute Gasteiger partial charge is 0.303 e. The first-order valence-electron chi connectivity index (χ1n) is 5.91. The lowest BCUT2D eigenvalue weighted by atomic mass is 10.1. The summed E-state index contributed by atoms with van der Waals surface area (Å²) >= 11 is 5.54. The number of sulfonamides is 1. The van der Waals surface area contributed by atoms with E-state index in [2.05, 4.69) is 4.72 Å². The van der Waals surface area contributed by atoms with Crippen molar-refractivity contribution in [1.82, 2.24) is 4.72 Å². The molecule has 0 fully saturated rings. The molecule has 1 aromatic carbocycles. The van der Waals surface area contributed by atoms with Crippen LogP contribution >= 0.6 is 11.6 Å². The molecule has 0 aliphatic carbocycles. The van der Waals surface area contributed by atoms with Crippen molar-refractivity contribution in [2.75, 3.05) is 0 Å². The molecule has 0 spiro atoms. The number of aliphatic carboxylic acids is 1. The third-order valence-corrected chi connectivity index (χ3v) is 4.46. The number of carboxylic acids is 1. The highest BCUT2D eigenvalue weighted by Gasteiger charge is 2.18. The van der Waals surface area contributed by atoms with E-state index in [1.165, 1.54) is 0 Å². The Morgan fingerprint density at radius 2 is 2.15 bits per heavy atom. The molecule has 0 aliphatic heterocycles. The van der Waals surface area contributed by atoms with Crippen LogP contribution in [0.15, 0.2) is 23.1 Å². The predicted octanol–water partition coefficient (Wildman–Crippen LogP) is 2.40. The average Bonchev–Trinajstić information content (AvgIpc) is 2.31. The van der Waals surface area contributed by atoms with Crippen LogP contribution < -0.4 is 4.72 Å². The molecule has 1 unspecified atom stereocenters. The Balaban J connectivity index is 2.69. The zero-order chi connectivity index (χ0) is 15.3. The van der Waals surface area contributed by atoms with Crippen molar-refractivity contribution >= 4 is 27.6 Å². The standard InChI is InChI=1S/C12H15ClFNO4S/c1-8(3-2-4-12(16)17)15-20(18,19)9-5-6-11(14)10(13)7-9/h5-8,15H,2-4H2,1H3,(H,16,17). The molecule has 1 aromatic rings. The summed E-state index contributed by atoms with van der Waals surface area (Å²) in [7, 11) is -3.80. The second-order valence-electron chi connectivity index (χ2n) is 4.38.